The van der Waals surface area contributed by atoms with E-state index in [4.69, 9.17) is 14.7 Å². The molecule has 2 aromatic heterocycles. The van der Waals surface area contributed by atoms with Crippen molar-refractivity contribution >= 4 is 17.0 Å². The largest absolute Gasteiger partial charge is 0.478 e. The van der Waals surface area contributed by atoms with E-state index in [1.54, 1.807) is 34.9 Å². The number of nitrogens with zero attached hydrogens (tertiary/aromatic N) is 4. The number of benzene rings is 3. The molecule has 1 atom stereocenters. The number of hydrogen-bond donors (Lipinski definition) is 1. The number of aromatic carboxylic acids is 1. The van der Waals surface area contributed by atoms with Gasteiger partial charge in [0.05, 0.1) is 41.1 Å². The van der Waals surface area contributed by atoms with E-state index in [2.05, 4.69) is 9.97 Å². The van der Waals surface area contributed by atoms with Gasteiger partial charge in [0.2, 0.25) is 5.88 Å². The highest BCUT2D eigenvalue weighted by atomic mass is 19.1. The Morgan fingerprint density at radius 1 is 1.07 bits per heavy atom. The molecule has 0 radical (unpaired) electrons. The molecule has 0 spiro atoms. The topological polar surface area (TPSA) is 110 Å². The summed E-state index contributed by atoms with van der Waals surface area (Å²) < 4.78 is 57.6. The molecule has 3 aromatic carbocycles. The molecular weight excluding hydrogens is 561 g/mol. The predicted octanol–water partition coefficient (Wildman–Crippen LogP) is 6.04. The van der Waals surface area contributed by atoms with Crippen LogP contribution in [0.4, 0.5) is 13.2 Å². The average Bonchev–Trinajstić information content (AvgIpc) is 3.31. The van der Waals surface area contributed by atoms with Crippen LogP contribution < -0.4 is 4.74 Å². The molecule has 6 rings (SSSR count). The van der Waals surface area contributed by atoms with Crippen molar-refractivity contribution in [2.75, 3.05) is 6.61 Å². The van der Waals surface area contributed by atoms with Crippen LogP contribution >= 0.6 is 0 Å². The lowest BCUT2D eigenvalue weighted by Crippen LogP contribution is -2.32. The van der Waals surface area contributed by atoms with Crippen LogP contribution in [-0.2, 0) is 24.3 Å². The fourth-order valence-corrected chi connectivity index (χ4v) is 4.95. The maximum Gasteiger partial charge on any atom is 0.338 e. The zero-order chi connectivity index (χ0) is 30.1. The van der Waals surface area contributed by atoms with Crippen molar-refractivity contribution in [2.24, 2.45) is 0 Å². The number of hydrogen-bond acceptors (Lipinski definition) is 6. The van der Waals surface area contributed by atoms with E-state index in [9.17, 15) is 14.3 Å². The maximum absolute atomic E-state index is 15.4. The lowest BCUT2D eigenvalue weighted by Gasteiger charge is -2.27. The standard InChI is InChI=1S/C32H23F3N4O4/c33-24-13-19(15-36)4-6-20(24)17-43-29-3-1-2-26(38-29)22-7-5-18(12-25(22)34)14-28-37-27-9-8-23(32(40)41)30(35)31(27)39(28)16-21-10-11-42-21/h1-9,12-13,21H,10-11,14,16-17H2,(H,40,41)/t21-/m0/s1. The zero-order valence-corrected chi connectivity index (χ0v) is 22.6. The van der Waals surface area contributed by atoms with Crippen molar-refractivity contribution in [1.29, 1.82) is 5.26 Å². The van der Waals surface area contributed by atoms with Gasteiger partial charge >= 0.3 is 5.97 Å². The number of carbonyl (C=O) groups is 1. The van der Waals surface area contributed by atoms with Crippen molar-refractivity contribution in [3.05, 3.63) is 112 Å². The van der Waals surface area contributed by atoms with Gasteiger partial charge in [0.25, 0.3) is 0 Å². The van der Waals surface area contributed by atoms with Gasteiger partial charge in [-0.2, -0.15) is 5.26 Å². The second-order valence-electron chi connectivity index (χ2n) is 10.1. The van der Waals surface area contributed by atoms with Gasteiger partial charge in [-0.25, -0.2) is 27.9 Å². The average molecular weight is 585 g/mol. The van der Waals surface area contributed by atoms with Crippen LogP contribution in [0.15, 0.2) is 66.7 Å². The molecule has 1 saturated heterocycles. The molecule has 0 bridgehead atoms. The summed E-state index contributed by atoms with van der Waals surface area (Å²) in [6, 6.07) is 18.1. The summed E-state index contributed by atoms with van der Waals surface area (Å²) in [6.07, 6.45) is 0.783. The van der Waals surface area contributed by atoms with Gasteiger partial charge in [0, 0.05) is 30.2 Å². The number of nitriles is 1. The minimum Gasteiger partial charge on any atom is -0.478 e. The van der Waals surface area contributed by atoms with Crippen LogP contribution in [0.25, 0.3) is 22.3 Å². The molecule has 1 aliphatic heterocycles. The highest BCUT2D eigenvalue weighted by Gasteiger charge is 2.25. The highest BCUT2D eigenvalue weighted by Crippen LogP contribution is 2.29. The fraction of sp³-hybridized carbons (Fsp3) is 0.188. The summed E-state index contributed by atoms with van der Waals surface area (Å²) in [6.45, 7) is 0.751. The number of imidazole rings is 1. The summed E-state index contributed by atoms with van der Waals surface area (Å²) in [5.74, 6) is -2.77. The van der Waals surface area contributed by atoms with E-state index < -0.39 is 29.0 Å². The van der Waals surface area contributed by atoms with Crippen LogP contribution in [0.1, 0.15) is 39.3 Å². The smallest absolute Gasteiger partial charge is 0.338 e. The number of fused-ring (bicyclic) bond motifs is 1. The van der Waals surface area contributed by atoms with Gasteiger partial charge in [-0.1, -0.05) is 18.2 Å². The van der Waals surface area contributed by atoms with Crippen molar-refractivity contribution in [3.8, 4) is 23.2 Å². The quantitative estimate of drug-likeness (QED) is 0.225. The normalized spacial score (nSPS) is 14.3. The Morgan fingerprint density at radius 3 is 2.60 bits per heavy atom. The van der Waals surface area contributed by atoms with E-state index >= 15 is 8.78 Å². The molecule has 43 heavy (non-hydrogen) atoms. The number of carboxylic acid groups (broad SMARTS) is 1. The second kappa shape index (κ2) is 11.6. The molecular formula is C32H23F3N4O4. The number of rotatable bonds is 9. The Balaban J connectivity index is 1.25. The van der Waals surface area contributed by atoms with Gasteiger partial charge in [0.1, 0.15) is 29.6 Å². The highest BCUT2D eigenvalue weighted by molar-refractivity contribution is 5.93. The van der Waals surface area contributed by atoms with E-state index in [-0.39, 0.29) is 53.8 Å². The molecule has 0 amide bonds. The van der Waals surface area contributed by atoms with Crippen LogP contribution in [0.5, 0.6) is 5.88 Å². The lowest BCUT2D eigenvalue weighted by atomic mass is 10.1. The summed E-state index contributed by atoms with van der Waals surface area (Å²) in [4.78, 5) is 20.4. The monoisotopic (exact) mass is 584 g/mol. The Bertz CT molecular complexity index is 1910. The van der Waals surface area contributed by atoms with Crippen molar-refractivity contribution in [1.82, 2.24) is 14.5 Å². The molecule has 5 aromatic rings. The Hall–Kier alpha value is -5.21. The van der Waals surface area contributed by atoms with Gasteiger partial charge in [0.15, 0.2) is 5.82 Å². The van der Waals surface area contributed by atoms with E-state index in [1.807, 2.05) is 6.07 Å². The maximum atomic E-state index is 15.4. The van der Waals surface area contributed by atoms with Gasteiger partial charge < -0.3 is 19.1 Å². The molecule has 0 saturated carbocycles. The van der Waals surface area contributed by atoms with E-state index in [0.29, 0.717) is 29.2 Å². The first-order chi connectivity index (χ1) is 20.8. The van der Waals surface area contributed by atoms with Crippen molar-refractivity contribution in [2.45, 2.75) is 32.1 Å². The number of halogens is 3. The van der Waals surface area contributed by atoms with Crippen LogP contribution in [-0.4, -0.2) is 38.3 Å². The van der Waals surface area contributed by atoms with Crippen LogP contribution in [0.2, 0.25) is 0 Å². The Labute approximate surface area is 243 Å². The molecule has 1 fully saturated rings. The third kappa shape index (κ3) is 5.65. The molecule has 11 heteroatoms. The van der Waals surface area contributed by atoms with Gasteiger partial charge in [-0.15, -0.1) is 0 Å². The molecule has 1 N–H and O–H groups in total. The predicted molar refractivity (Wildman–Crippen MR) is 149 cm³/mol. The molecule has 3 heterocycles. The minimum atomic E-state index is -1.38. The minimum absolute atomic E-state index is 0.0735. The van der Waals surface area contributed by atoms with Crippen molar-refractivity contribution < 1.29 is 32.5 Å². The number of aromatic nitrogens is 3. The number of carboxylic acids is 1. The van der Waals surface area contributed by atoms with Gasteiger partial charge in [-0.05, 0) is 54.4 Å². The number of ether oxygens (including phenoxy) is 2. The van der Waals surface area contributed by atoms with Crippen molar-refractivity contribution in [3.63, 3.8) is 0 Å². The first-order valence-corrected chi connectivity index (χ1v) is 13.4. The zero-order valence-electron chi connectivity index (χ0n) is 22.6. The summed E-state index contributed by atoms with van der Waals surface area (Å²) in [5, 5.41) is 18.3. The van der Waals surface area contributed by atoms with Crippen LogP contribution in [0, 0.1) is 28.8 Å². The Morgan fingerprint density at radius 2 is 1.91 bits per heavy atom. The molecule has 1 aliphatic rings. The second-order valence-corrected chi connectivity index (χ2v) is 10.1. The van der Waals surface area contributed by atoms with E-state index in [1.165, 1.54) is 30.3 Å². The number of pyridine rings is 1. The molecule has 216 valence electrons. The fourth-order valence-electron chi connectivity index (χ4n) is 4.95. The third-order valence-corrected chi connectivity index (χ3v) is 7.29. The Kier molecular flexibility index (Phi) is 7.52. The van der Waals surface area contributed by atoms with E-state index in [0.717, 1.165) is 12.5 Å². The summed E-state index contributed by atoms with van der Waals surface area (Å²) in [5.41, 5.74) is 1.45. The van der Waals surface area contributed by atoms with Gasteiger partial charge in [-0.3, -0.25) is 0 Å². The third-order valence-electron chi connectivity index (χ3n) is 7.29. The molecule has 0 aliphatic carbocycles. The summed E-state index contributed by atoms with van der Waals surface area (Å²) in [7, 11) is 0. The first-order valence-electron chi connectivity index (χ1n) is 13.4. The van der Waals surface area contributed by atoms with Crippen LogP contribution in [0.3, 0.4) is 0 Å². The molecule has 8 nitrogen and oxygen atoms in total. The molecule has 0 unspecified atom stereocenters. The first kappa shape index (κ1) is 27.9. The SMILES string of the molecule is N#Cc1ccc(COc2cccc(-c3ccc(Cc4nc5ccc(C(=O)O)c(F)c5n4C[C@@H]4CCO4)cc3F)n2)c(F)c1. The summed E-state index contributed by atoms with van der Waals surface area (Å²) >= 11 is 0. The lowest BCUT2D eigenvalue weighted by molar-refractivity contribution is -0.0590.